The smallest absolute Gasteiger partial charge is 0.310 e. The van der Waals surface area contributed by atoms with E-state index >= 15 is 0 Å². The van der Waals surface area contributed by atoms with Crippen molar-refractivity contribution in [1.29, 1.82) is 0 Å². The monoisotopic (exact) mass is 298 g/mol. The number of fused-ring (bicyclic) bond motifs is 1. The van der Waals surface area contributed by atoms with E-state index in [2.05, 4.69) is 13.0 Å². The Morgan fingerprint density at radius 3 is 2.36 bits per heavy atom. The summed E-state index contributed by atoms with van der Waals surface area (Å²) in [5, 5.41) is 11.8. The van der Waals surface area contributed by atoms with Crippen LogP contribution in [0.5, 0.6) is 0 Å². The van der Waals surface area contributed by atoms with Gasteiger partial charge in [0.05, 0.1) is 5.92 Å². The highest BCUT2D eigenvalue weighted by Crippen LogP contribution is 2.26. The van der Waals surface area contributed by atoms with Crippen LogP contribution >= 0.6 is 0 Å². The van der Waals surface area contributed by atoms with Gasteiger partial charge in [-0.05, 0) is 22.8 Å². The molecule has 0 heterocycles. The number of benzene rings is 2. The van der Waals surface area contributed by atoms with Gasteiger partial charge in [-0.25, -0.2) is 0 Å². The summed E-state index contributed by atoms with van der Waals surface area (Å²) < 4.78 is 0. The summed E-state index contributed by atoms with van der Waals surface area (Å²) >= 11 is 0. The van der Waals surface area contributed by atoms with Crippen molar-refractivity contribution in [3.63, 3.8) is 0 Å². The number of hydrogen-bond acceptors (Lipinski definition) is 1. The summed E-state index contributed by atoms with van der Waals surface area (Å²) in [5.74, 6) is -1.08. The molecule has 2 rings (SSSR count). The molecule has 0 fully saturated rings. The van der Waals surface area contributed by atoms with Gasteiger partial charge in [0.25, 0.3) is 0 Å². The van der Waals surface area contributed by atoms with Crippen LogP contribution in [0.2, 0.25) is 0 Å². The lowest BCUT2D eigenvalue weighted by atomic mass is 9.91. The Hall–Kier alpha value is -1.83. The molecule has 0 spiro atoms. The van der Waals surface area contributed by atoms with Crippen LogP contribution in [0.4, 0.5) is 0 Å². The van der Waals surface area contributed by atoms with Crippen LogP contribution in [0.1, 0.15) is 63.4 Å². The van der Waals surface area contributed by atoms with Crippen LogP contribution in [0.3, 0.4) is 0 Å². The number of carboxylic acids is 1. The van der Waals surface area contributed by atoms with E-state index in [1.807, 2.05) is 36.4 Å². The minimum Gasteiger partial charge on any atom is -0.481 e. The predicted octanol–water partition coefficient (Wildman–Crippen LogP) is 5.76. The van der Waals surface area contributed by atoms with Crippen LogP contribution in [-0.4, -0.2) is 11.1 Å². The third-order valence-electron chi connectivity index (χ3n) is 4.32. The Morgan fingerprint density at radius 1 is 0.955 bits per heavy atom. The van der Waals surface area contributed by atoms with Gasteiger partial charge < -0.3 is 5.11 Å². The molecule has 0 bridgehead atoms. The van der Waals surface area contributed by atoms with E-state index in [0.717, 1.165) is 35.6 Å². The molecule has 0 amide bonds. The highest BCUT2D eigenvalue weighted by atomic mass is 16.4. The molecule has 0 saturated heterocycles. The van der Waals surface area contributed by atoms with Crippen molar-refractivity contribution in [2.75, 3.05) is 0 Å². The molecular weight excluding hydrogens is 272 g/mol. The summed E-state index contributed by atoms with van der Waals surface area (Å²) in [6.07, 6.45) is 7.88. The zero-order chi connectivity index (χ0) is 15.8. The highest BCUT2D eigenvalue weighted by Gasteiger charge is 2.19. The van der Waals surface area contributed by atoms with Gasteiger partial charge >= 0.3 is 5.97 Å². The first kappa shape index (κ1) is 16.5. The van der Waals surface area contributed by atoms with Crippen molar-refractivity contribution >= 4 is 16.7 Å². The number of unbranched alkanes of at least 4 members (excludes halogenated alkanes) is 5. The summed E-state index contributed by atoms with van der Waals surface area (Å²) in [6.45, 7) is 2.21. The van der Waals surface area contributed by atoms with Gasteiger partial charge in [0, 0.05) is 0 Å². The van der Waals surface area contributed by atoms with Gasteiger partial charge in [-0.1, -0.05) is 87.9 Å². The van der Waals surface area contributed by atoms with Crippen molar-refractivity contribution in [3.05, 3.63) is 48.0 Å². The molecule has 1 atom stereocenters. The van der Waals surface area contributed by atoms with E-state index in [9.17, 15) is 9.90 Å². The highest BCUT2D eigenvalue weighted by molar-refractivity contribution is 5.85. The van der Waals surface area contributed by atoms with E-state index in [0.29, 0.717) is 0 Å². The van der Waals surface area contributed by atoms with E-state index in [1.165, 1.54) is 25.7 Å². The van der Waals surface area contributed by atoms with E-state index in [1.54, 1.807) is 0 Å². The van der Waals surface area contributed by atoms with Gasteiger partial charge in [0.15, 0.2) is 0 Å². The Labute approximate surface area is 133 Å². The fourth-order valence-electron chi connectivity index (χ4n) is 2.99. The minimum atomic E-state index is -0.705. The summed E-state index contributed by atoms with van der Waals surface area (Å²) in [6, 6.07) is 14.1. The number of hydrogen-bond donors (Lipinski definition) is 1. The molecular formula is C20H26O2. The summed E-state index contributed by atoms with van der Waals surface area (Å²) in [7, 11) is 0. The fourth-order valence-corrected chi connectivity index (χ4v) is 2.99. The van der Waals surface area contributed by atoms with Gasteiger partial charge in [-0.15, -0.1) is 0 Å². The van der Waals surface area contributed by atoms with Gasteiger partial charge in [0.2, 0.25) is 0 Å². The first-order chi connectivity index (χ1) is 10.7. The maximum Gasteiger partial charge on any atom is 0.310 e. The second-order valence-electron chi connectivity index (χ2n) is 6.05. The Kier molecular flexibility index (Phi) is 6.45. The molecule has 0 saturated carbocycles. The Balaban J connectivity index is 1.98. The van der Waals surface area contributed by atoms with Crippen LogP contribution in [-0.2, 0) is 4.79 Å². The third-order valence-corrected chi connectivity index (χ3v) is 4.32. The Morgan fingerprint density at radius 2 is 1.64 bits per heavy atom. The topological polar surface area (TPSA) is 37.3 Å². The molecule has 22 heavy (non-hydrogen) atoms. The molecule has 1 unspecified atom stereocenters. The molecule has 0 aliphatic heterocycles. The van der Waals surface area contributed by atoms with E-state index < -0.39 is 5.97 Å². The SMILES string of the molecule is CCCCCCCCC(C(=O)O)c1ccc2ccccc2c1. The largest absolute Gasteiger partial charge is 0.481 e. The fraction of sp³-hybridized carbons (Fsp3) is 0.450. The number of carbonyl (C=O) groups is 1. The van der Waals surface area contributed by atoms with Crippen LogP contribution < -0.4 is 0 Å². The molecule has 0 aliphatic rings. The van der Waals surface area contributed by atoms with E-state index in [4.69, 9.17) is 0 Å². The van der Waals surface area contributed by atoms with E-state index in [-0.39, 0.29) is 5.92 Å². The quantitative estimate of drug-likeness (QED) is 0.598. The van der Waals surface area contributed by atoms with Crippen molar-refractivity contribution in [2.24, 2.45) is 0 Å². The molecule has 2 aromatic carbocycles. The second-order valence-corrected chi connectivity index (χ2v) is 6.05. The van der Waals surface area contributed by atoms with Crippen LogP contribution in [0.25, 0.3) is 10.8 Å². The average molecular weight is 298 g/mol. The molecule has 0 aromatic heterocycles. The third kappa shape index (κ3) is 4.59. The predicted molar refractivity (Wildman–Crippen MR) is 92.3 cm³/mol. The van der Waals surface area contributed by atoms with Gasteiger partial charge in [-0.3, -0.25) is 4.79 Å². The average Bonchev–Trinajstić information content (AvgIpc) is 2.53. The normalized spacial score (nSPS) is 12.4. The van der Waals surface area contributed by atoms with Crippen LogP contribution in [0, 0.1) is 0 Å². The van der Waals surface area contributed by atoms with Gasteiger partial charge in [-0.2, -0.15) is 0 Å². The number of carboxylic acid groups (broad SMARTS) is 1. The minimum absolute atomic E-state index is 0.379. The first-order valence-corrected chi connectivity index (χ1v) is 8.44. The van der Waals surface area contributed by atoms with Gasteiger partial charge in [0.1, 0.15) is 0 Å². The van der Waals surface area contributed by atoms with Crippen LogP contribution in [0.15, 0.2) is 42.5 Å². The number of aliphatic carboxylic acids is 1. The van der Waals surface area contributed by atoms with Crippen molar-refractivity contribution < 1.29 is 9.90 Å². The standard InChI is InChI=1S/C20H26O2/c1-2-3-4-5-6-7-12-19(20(21)22)18-14-13-16-10-8-9-11-17(16)15-18/h8-11,13-15,19H,2-7,12H2,1H3,(H,21,22). The number of rotatable bonds is 9. The van der Waals surface area contributed by atoms with Crippen molar-refractivity contribution in [2.45, 2.75) is 57.8 Å². The lowest BCUT2D eigenvalue weighted by Crippen LogP contribution is -2.11. The maximum absolute atomic E-state index is 11.6. The first-order valence-electron chi connectivity index (χ1n) is 8.44. The lowest BCUT2D eigenvalue weighted by molar-refractivity contribution is -0.139. The molecule has 0 aliphatic carbocycles. The molecule has 1 N–H and O–H groups in total. The Bertz CT molecular complexity index is 603. The molecule has 2 heteroatoms. The van der Waals surface area contributed by atoms with Crippen molar-refractivity contribution in [1.82, 2.24) is 0 Å². The molecule has 2 nitrogen and oxygen atoms in total. The molecule has 118 valence electrons. The van der Waals surface area contributed by atoms with Crippen molar-refractivity contribution in [3.8, 4) is 0 Å². The zero-order valence-corrected chi connectivity index (χ0v) is 13.4. The second kappa shape index (κ2) is 8.57. The molecule has 0 radical (unpaired) electrons. The zero-order valence-electron chi connectivity index (χ0n) is 13.4. The summed E-state index contributed by atoms with van der Waals surface area (Å²) in [4.78, 5) is 11.6. The summed E-state index contributed by atoms with van der Waals surface area (Å²) in [5.41, 5.74) is 0.930. The maximum atomic E-state index is 11.6. The molecule has 2 aromatic rings. The lowest BCUT2D eigenvalue weighted by Gasteiger charge is -2.13.